The van der Waals surface area contributed by atoms with Gasteiger partial charge in [-0.15, -0.1) is 0 Å². The third-order valence-corrected chi connectivity index (χ3v) is 4.39. The van der Waals surface area contributed by atoms with E-state index in [0.29, 0.717) is 25.5 Å². The van der Waals surface area contributed by atoms with Crippen LogP contribution in [0.4, 0.5) is 5.69 Å². The summed E-state index contributed by atoms with van der Waals surface area (Å²) in [7, 11) is 1.74. The summed E-state index contributed by atoms with van der Waals surface area (Å²) < 4.78 is 0. The molecule has 130 valence electrons. The number of anilines is 1. The number of hydrogen-bond donors (Lipinski definition) is 3. The maximum Gasteiger partial charge on any atom is 0.225 e. The number of hydrogen-bond acceptors (Lipinski definition) is 3. The molecule has 0 saturated heterocycles. The van der Waals surface area contributed by atoms with Gasteiger partial charge in [-0.2, -0.15) is 0 Å². The molecule has 1 aliphatic rings. The number of amides is 1. The van der Waals surface area contributed by atoms with E-state index in [4.69, 9.17) is 0 Å². The number of nitrogens with one attached hydrogen (secondary N) is 3. The van der Waals surface area contributed by atoms with E-state index in [2.05, 4.69) is 32.0 Å². The molecule has 2 aromatic rings. The van der Waals surface area contributed by atoms with E-state index < -0.39 is 0 Å². The molecule has 1 aromatic carbocycles. The first-order valence-electron chi connectivity index (χ1n) is 8.41. The molecular weight excluding hydrogens is 314 g/mol. The molecule has 6 nitrogen and oxygen atoms in total. The molecule has 0 radical (unpaired) electrons. The molecule has 1 atom stereocenters. The highest BCUT2D eigenvalue weighted by Crippen LogP contribution is 2.31. The second-order valence-corrected chi connectivity index (χ2v) is 6.11. The third-order valence-electron chi connectivity index (χ3n) is 4.39. The van der Waals surface area contributed by atoms with Gasteiger partial charge >= 0.3 is 0 Å². The highest BCUT2D eigenvalue weighted by atomic mass is 16.1. The van der Waals surface area contributed by atoms with Gasteiger partial charge in [0.25, 0.3) is 0 Å². The highest BCUT2D eigenvalue weighted by molar-refractivity contribution is 5.94. The topological polar surface area (TPSA) is 78.4 Å². The zero-order chi connectivity index (χ0) is 17.6. The Morgan fingerprint density at radius 1 is 1.28 bits per heavy atom. The number of rotatable bonds is 4. The van der Waals surface area contributed by atoms with Gasteiger partial charge in [-0.3, -0.25) is 14.8 Å². The van der Waals surface area contributed by atoms with Crippen molar-refractivity contribution in [2.24, 2.45) is 4.99 Å². The molecule has 1 aromatic heterocycles. The average Bonchev–Trinajstić information content (AvgIpc) is 2.62. The minimum absolute atomic E-state index is 0.0533. The number of carbonyl (C=O) groups excluding carboxylic acids is 1. The van der Waals surface area contributed by atoms with E-state index in [0.717, 1.165) is 22.5 Å². The number of aromatic nitrogens is 1. The van der Waals surface area contributed by atoms with Gasteiger partial charge < -0.3 is 16.0 Å². The summed E-state index contributed by atoms with van der Waals surface area (Å²) in [6, 6.07) is 11.9. The Morgan fingerprint density at radius 3 is 2.92 bits per heavy atom. The number of carbonyl (C=O) groups is 1. The molecule has 0 aliphatic carbocycles. The molecule has 1 amide bonds. The molecule has 25 heavy (non-hydrogen) atoms. The molecule has 3 N–H and O–H groups in total. The Hall–Kier alpha value is -2.89. The highest BCUT2D eigenvalue weighted by Gasteiger charge is 2.24. The molecule has 6 heteroatoms. The van der Waals surface area contributed by atoms with E-state index in [1.54, 1.807) is 13.2 Å². The molecule has 1 unspecified atom stereocenters. The van der Waals surface area contributed by atoms with E-state index in [1.165, 1.54) is 0 Å². The molecular formula is C19H23N5O. The van der Waals surface area contributed by atoms with Crippen LogP contribution in [0.2, 0.25) is 0 Å². The third kappa shape index (κ3) is 4.15. The number of benzene rings is 1. The summed E-state index contributed by atoms with van der Waals surface area (Å²) in [5.41, 5.74) is 4.19. The molecule has 0 saturated carbocycles. The van der Waals surface area contributed by atoms with Crippen molar-refractivity contribution in [2.75, 3.05) is 18.9 Å². The fourth-order valence-corrected chi connectivity index (χ4v) is 3.00. The summed E-state index contributed by atoms with van der Waals surface area (Å²) in [5.74, 6) is 0.881. The predicted octanol–water partition coefficient (Wildman–Crippen LogP) is 2.18. The summed E-state index contributed by atoms with van der Waals surface area (Å²) in [6.45, 7) is 3.29. The Labute approximate surface area is 147 Å². The van der Waals surface area contributed by atoms with Crippen LogP contribution in [0.5, 0.6) is 0 Å². The van der Waals surface area contributed by atoms with Crippen molar-refractivity contribution in [3.63, 3.8) is 0 Å². The molecule has 3 rings (SSSR count). The standard InChI is InChI=1S/C19H23N5O/c1-13-6-5-9-21-17(13)12-23-19(20-2)22-11-14-10-18(25)24-16-8-4-3-7-15(14)16/h3-9,14H,10-12H2,1-2H3,(H,24,25)(H2,20,22,23). The van der Waals surface area contributed by atoms with Gasteiger partial charge in [0, 0.05) is 37.8 Å². The first-order valence-corrected chi connectivity index (χ1v) is 8.41. The fraction of sp³-hybridized carbons (Fsp3) is 0.316. The smallest absolute Gasteiger partial charge is 0.225 e. The summed E-state index contributed by atoms with van der Waals surface area (Å²) in [5, 5.41) is 9.52. The molecule has 2 heterocycles. The lowest BCUT2D eigenvalue weighted by molar-refractivity contribution is -0.116. The van der Waals surface area contributed by atoms with E-state index in [-0.39, 0.29) is 11.8 Å². The lowest BCUT2D eigenvalue weighted by Gasteiger charge is -2.26. The van der Waals surface area contributed by atoms with Crippen molar-refractivity contribution in [1.82, 2.24) is 15.6 Å². The van der Waals surface area contributed by atoms with Gasteiger partial charge in [0.05, 0.1) is 12.2 Å². The Kier molecular flexibility index (Phi) is 5.28. The SMILES string of the molecule is CN=C(NCc1ncccc1C)NCC1CC(=O)Nc2ccccc21. The monoisotopic (exact) mass is 337 g/mol. The van der Waals surface area contributed by atoms with Crippen LogP contribution in [0.25, 0.3) is 0 Å². The number of pyridine rings is 1. The van der Waals surface area contributed by atoms with Crippen LogP contribution in [0.1, 0.15) is 29.2 Å². The van der Waals surface area contributed by atoms with Crippen LogP contribution in [-0.2, 0) is 11.3 Å². The van der Waals surface area contributed by atoms with E-state index in [1.807, 2.05) is 37.3 Å². The zero-order valence-corrected chi connectivity index (χ0v) is 14.5. The second-order valence-electron chi connectivity index (χ2n) is 6.11. The quantitative estimate of drug-likeness (QED) is 0.590. The van der Waals surface area contributed by atoms with Crippen LogP contribution in [0, 0.1) is 6.92 Å². The van der Waals surface area contributed by atoms with Crippen molar-refractivity contribution in [3.8, 4) is 0 Å². The zero-order valence-electron chi connectivity index (χ0n) is 14.5. The second kappa shape index (κ2) is 7.79. The van der Waals surface area contributed by atoms with E-state index >= 15 is 0 Å². The number of fused-ring (bicyclic) bond motifs is 1. The number of para-hydroxylation sites is 1. The van der Waals surface area contributed by atoms with Crippen molar-refractivity contribution >= 4 is 17.6 Å². The molecule has 0 spiro atoms. The lowest BCUT2D eigenvalue weighted by Crippen LogP contribution is -2.40. The van der Waals surface area contributed by atoms with Crippen molar-refractivity contribution < 1.29 is 4.79 Å². The molecule has 1 aliphatic heterocycles. The maximum atomic E-state index is 11.9. The van der Waals surface area contributed by atoms with E-state index in [9.17, 15) is 4.79 Å². The van der Waals surface area contributed by atoms with Crippen LogP contribution >= 0.6 is 0 Å². The summed E-state index contributed by atoms with van der Waals surface area (Å²) in [4.78, 5) is 20.5. The average molecular weight is 337 g/mol. The van der Waals surface area contributed by atoms with Gasteiger partial charge in [0.15, 0.2) is 5.96 Å². The van der Waals surface area contributed by atoms with Gasteiger partial charge in [-0.1, -0.05) is 24.3 Å². The number of nitrogens with zero attached hydrogens (tertiary/aromatic N) is 2. The first kappa shape index (κ1) is 17.0. The summed E-state index contributed by atoms with van der Waals surface area (Å²) in [6.07, 6.45) is 2.26. The van der Waals surface area contributed by atoms with Crippen LogP contribution in [-0.4, -0.2) is 30.4 Å². The Morgan fingerprint density at radius 2 is 2.12 bits per heavy atom. The van der Waals surface area contributed by atoms with Crippen molar-refractivity contribution in [1.29, 1.82) is 0 Å². The number of aliphatic imine (C=N–C) groups is 1. The van der Waals surface area contributed by atoms with Gasteiger partial charge in [0.1, 0.15) is 0 Å². The largest absolute Gasteiger partial charge is 0.356 e. The van der Waals surface area contributed by atoms with Gasteiger partial charge in [-0.25, -0.2) is 0 Å². The minimum Gasteiger partial charge on any atom is -0.356 e. The normalized spacial score (nSPS) is 16.8. The van der Waals surface area contributed by atoms with Crippen LogP contribution < -0.4 is 16.0 Å². The number of aryl methyl sites for hydroxylation is 1. The van der Waals surface area contributed by atoms with Gasteiger partial charge in [0.2, 0.25) is 5.91 Å². The van der Waals surface area contributed by atoms with Crippen molar-refractivity contribution in [2.45, 2.75) is 25.8 Å². The number of guanidine groups is 1. The first-order chi connectivity index (χ1) is 12.2. The maximum absolute atomic E-state index is 11.9. The fourth-order valence-electron chi connectivity index (χ4n) is 3.00. The van der Waals surface area contributed by atoms with Crippen LogP contribution in [0.3, 0.4) is 0 Å². The minimum atomic E-state index is 0.0533. The Balaban J connectivity index is 1.60. The molecule has 0 fully saturated rings. The van der Waals surface area contributed by atoms with Crippen LogP contribution in [0.15, 0.2) is 47.6 Å². The molecule has 0 bridgehead atoms. The predicted molar refractivity (Wildman–Crippen MR) is 99.6 cm³/mol. The lowest BCUT2D eigenvalue weighted by atomic mass is 9.90. The Bertz CT molecular complexity index is 787. The summed E-state index contributed by atoms with van der Waals surface area (Å²) >= 11 is 0. The van der Waals surface area contributed by atoms with Gasteiger partial charge in [-0.05, 0) is 30.2 Å². The van der Waals surface area contributed by atoms with Crippen molar-refractivity contribution in [3.05, 3.63) is 59.4 Å².